The maximum absolute atomic E-state index is 10.9. The van der Waals surface area contributed by atoms with E-state index < -0.39 is 5.97 Å². The number of alkyl halides is 1. The van der Waals surface area contributed by atoms with E-state index in [2.05, 4.69) is 5.16 Å². The van der Waals surface area contributed by atoms with E-state index in [1.165, 1.54) is 0 Å². The predicted octanol–water partition coefficient (Wildman–Crippen LogP) is 0.916. The molecular formula is C11H11ClNO3-. The number of hydrogen-bond acceptors (Lipinski definition) is 4. The van der Waals surface area contributed by atoms with Crippen LogP contribution in [0, 0.1) is 0 Å². The summed E-state index contributed by atoms with van der Waals surface area (Å²) in [6.07, 6.45) is 0. The molecule has 0 bridgehead atoms. The third kappa shape index (κ3) is 2.97. The molecule has 5 heteroatoms. The molecule has 0 saturated carbocycles. The quantitative estimate of drug-likeness (QED) is 0.437. The van der Waals surface area contributed by atoms with Crippen molar-refractivity contribution in [3.05, 3.63) is 35.4 Å². The lowest BCUT2D eigenvalue weighted by Crippen LogP contribution is -2.33. The van der Waals surface area contributed by atoms with E-state index in [4.69, 9.17) is 16.4 Å². The van der Waals surface area contributed by atoms with Gasteiger partial charge in [0.15, 0.2) is 0 Å². The lowest BCUT2D eigenvalue weighted by molar-refractivity contribution is -0.294. The van der Waals surface area contributed by atoms with Crippen LogP contribution in [0.5, 0.6) is 0 Å². The van der Waals surface area contributed by atoms with Crippen LogP contribution in [0.15, 0.2) is 29.4 Å². The zero-order chi connectivity index (χ0) is 12.0. The topological polar surface area (TPSA) is 61.7 Å². The Kier molecular flexibility index (Phi) is 4.79. The van der Waals surface area contributed by atoms with Crippen molar-refractivity contribution < 1.29 is 14.7 Å². The lowest BCUT2D eigenvalue weighted by atomic mass is 10.0. The van der Waals surface area contributed by atoms with E-state index in [0.717, 1.165) is 0 Å². The summed E-state index contributed by atoms with van der Waals surface area (Å²) in [4.78, 5) is 15.6. The van der Waals surface area contributed by atoms with E-state index in [0.29, 0.717) is 17.7 Å². The normalized spacial score (nSPS) is 11.2. The van der Waals surface area contributed by atoms with Gasteiger partial charge in [-0.15, -0.1) is 11.6 Å². The van der Waals surface area contributed by atoms with Gasteiger partial charge in [-0.05, 0) is 12.5 Å². The zero-order valence-electron chi connectivity index (χ0n) is 8.77. The number of carbonyl (C=O) groups is 1. The molecule has 4 nitrogen and oxygen atoms in total. The fourth-order valence-corrected chi connectivity index (χ4v) is 1.43. The van der Waals surface area contributed by atoms with Crippen LogP contribution in [0.3, 0.4) is 0 Å². The molecule has 0 aliphatic heterocycles. The van der Waals surface area contributed by atoms with E-state index in [9.17, 15) is 9.90 Å². The maximum Gasteiger partial charge on any atom is 0.133 e. The predicted molar refractivity (Wildman–Crippen MR) is 59.2 cm³/mol. The van der Waals surface area contributed by atoms with Gasteiger partial charge in [0.1, 0.15) is 12.3 Å². The smallest absolute Gasteiger partial charge is 0.133 e. The van der Waals surface area contributed by atoms with Crippen molar-refractivity contribution in [2.45, 2.75) is 12.8 Å². The van der Waals surface area contributed by atoms with Gasteiger partial charge in [0.05, 0.1) is 5.97 Å². The van der Waals surface area contributed by atoms with Gasteiger partial charge in [0.25, 0.3) is 0 Å². The van der Waals surface area contributed by atoms with Gasteiger partial charge in [-0.3, -0.25) is 0 Å². The summed E-state index contributed by atoms with van der Waals surface area (Å²) in [5.74, 6) is -1.18. The van der Waals surface area contributed by atoms with E-state index in [-0.39, 0.29) is 11.6 Å². The van der Waals surface area contributed by atoms with Crippen molar-refractivity contribution in [1.29, 1.82) is 0 Å². The molecule has 0 fully saturated rings. The highest BCUT2D eigenvalue weighted by Crippen LogP contribution is 2.12. The average molecular weight is 241 g/mol. The minimum absolute atomic E-state index is 0.203. The Morgan fingerprint density at radius 1 is 1.50 bits per heavy atom. The van der Waals surface area contributed by atoms with Crippen molar-refractivity contribution in [2.24, 2.45) is 5.16 Å². The summed E-state index contributed by atoms with van der Waals surface area (Å²) in [6.45, 7) is 2.00. The molecule has 1 aromatic rings. The molecule has 0 N–H and O–H groups in total. The lowest BCUT2D eigenvalue weighted by Gasteiger charge is -2.10. The monoisotopic (exact) mass is 240 g/mol. The van der Waals surface area contributed by atoms with E-state index >= 15 is 0 Å². The fourth-order valence-electron chi connectivity index (χ4n) is 1.19. The first kappa shape index (κ1) is 12.5. The van der Waals surface area contributed by atoms with Crippen LogP contribution < -0.4 is 5.11 Å². The standard InChI is InChI=1S/C11H12ClNO3/c1-2-16-13-10(11(14)15)9-6-4-3-5-8(9)7-12/h3-6H,2,7H2,1H3,(H,14,15)/p-1. The molecule has 1 rings (SSSR count). The van der Waals surface area contributed by atoms with Crippen molar-refractivity contribution in [3.63, 3.8) is 0 Å². The van der Waals surface area contributed by atoms with E-state index in [1.807, 2.05) is 0 Å². The Hall–Kier alpha value is -1.55. The first-order chi connectivity index (χ1) is 7.70. The number of oxime groups is 1. The summed E-state index contributed by atoms with van der Waals surface area (Å²) >= 11 is 5.71. The number of aliphatic carboxylic acids is 1. The molecule has 16 heavy (non-hydrogen) atoms. The van der Waals surface area contributed by atoms with Gasteiger partial charge >= 0.3 is 0 Å². The van der Waals surface area contributed by atoms with Crippen LogP contribution in [0.25, 0.3) is 0 Å². The third-order valence-electron chi connectivity index (χ3n) is 1.89. The molecule has 86 valence electrons. The molecule has 0 radical (unpaired) electrons. The summed E-state index contributed by atoms with van der Waals surface area (Å²) < 4.78 is 0. The Morgan fingerprint density at radius 3 is 2.75 bits per heavy atom. The summed E-state index contributed by atoms with van der Waals surface area (Å²) in [6, 6.07) is 6.82. The summed E-state index contributed by atoms with van der Waals surface area (Å²) in [5, 5.41) is 14.4. The number of carboxylic acid groups (broad SMARTS) is 1. The number of hydrogen-bond donors (Lipinski definition) is 0. The van der Waals surface area contributed by atoms with Crippen molar-refractivity contribution in [2.75, 3.05) is 6.61 Å². The highest BCUT2D eigenvalue weighted by Gasteiger charge is 2.10. The highest BCUT2D eigenvalue weighted by atomic mass is 35.5. The Morgan fingerprint density at radius 2 is 2.19 bits per heavy atom. The largest absolute Gasteiger partial charge is 0.543 e. The minimum Gasteiger partial charge on any atom is -0.543 e. The molecule has 0 spiro atoms. The number of benzene rings is 1. The van der Waals surface area contributed by atoms with Crippen LogP contribution >= 0.6 is 11.6 Å². The Balaban J connectivity index is 3.15. The molecule has 0 unspecified atom stereocenters. The zero-order valence-corrected chi connectivity index (χ0v) is 9.53. The Labute approximate surface area is 98.5 Å². The van der Waals surface area contributed by atoms with Crippen LogP contribution in [-0.2, 0) is 15.5 Å². The van der Waals surface area contributed by atoms with E-state index in [1.54, 1.807) is 31.2 Å². The molecule has 0 amide bonds. The second-order valence-corrected chi connectivity index (χ2v) is 3.20. The highest BCUT2D eigenvalue weighted by molar-refractivity contribution is 6.42. The first-order valence-electron chi connectivity index (χ1n) is 4.76. The second-order valence-electron chi connectivity index (χ2n) is 2.94. The van der Waals surface area contributed by atoms with Gasteiger partial charge in [-0.25, -0.2) is 0 Å². The molecule has 0 heterocycles. The van der Waals surface area contributed by atoms with Crippen LogP contribution in [0.2, 0.25) is 0 Å². The molecule has 0 atom stereocenters. The Bertz CT molecular complexity index is 404. The second kappa shape index (κ2) is 6.12. The van der Waals surface area contributed by atoms with Crippen molar-refractivity contribution in [3.8, 4) is 0 Å². The molecule has 0 aliphatic rings. The molecule has 0 aliphatic carbocycles. The fraction of sp³-hybridized carbons (Fsp3) is 0.273. The average Bonchev–Trinajstić information content (AvgIpc) is 2.29. The van der Waals surface area contributed by atoms with Gasteiger partial charge in [0, 0.05) is 11.4 Å². The van der Waals surface area contributed by atoms with Crippen molar-refractivity contribution in [1.82, 2.24) is 0 Å². The molecule has 0 aromatic heterocycles. The number of carboxylic acids is 1. The molecule has 1 aromatic carbocycles. The SMILES string of the molecule is CCON=C(C(=O)[O-])c1ccccc1CCl. The minimum atomic E-state index is -1.38. The number of halogens is 1. The van der Waals surface area contributed by atoms with Crippen LogP contribution in [0.1, 0.15) is 18.1 Å². The van der Waals surface area contributed by atoms with Gasteiger partial charge in [-0.1, -0.05) is 29.4 Å². The van der Waals surface area contributed by atoms with Gasteiger partial charge < -0.3 is 14.7 Å². The summed E-state index contributed by atoms with van der Waals surface area (Å²) in [7, 11) is 0. The molecule has 0 saturated heterocycles. The van der Waals surface area contributed by atoms with Crippen LogP contribution in [-0.4, -0.2) is 18.3 Å². The number of rotatable bonds is 5. The summed E-state index contributed by atoms with van der Waals surface area (Å²) in [5.41, 5.74) is 0.857. The van der Waals surface area contributed by atoms with Crippen LogP contribution in [0.4, 0.5) is 0 Å². The van der Waals surface area contributed by atoms with Crippen molar-refractivity contribution >= 4 is 23.3 Å². The van der Waals surface area contributed by atoms with Gasteiger partial charge in [-0.2, -0.15) is 0 Å². The number of carbonyl (C=O) groups excluding carboxylic acids is 1. The maximum atomic E-state index is 10.9. The third-order valence-corrected chi connectivity index (χ3v) is 2.18. The molecular weight excluding hydrogens is 230 g/mol. The first-order valence-corrected chi connectivity index (χ1v) is 5.29. The van der Waals surface area contributed by atoms with Gasteiger partial charge in [0.2, 0.25) is 0 Å². The number of nitrogens with zero attached hydrogens (tertiary/aromatic N) is 1.